The number of pyridine rings is 1. The molecule has 1 saturated carbocycles. The molecule has 1 aromatic carbocycles. The van der Waals surface area contributed by atoms with Crippen LogP contribution in [-0.4, -0.2) is 40.4 Å². The lowest BCUT2D eigenvalue weighted by Crippen LogP contribution is -2.48. The molecule has 2 atom stereocenters. The molecule has 5 rings (SSSR count). The van der Waals surface area contributed by atoms with Crippen molar-refractivity contribution < 1.29 is 14.3 Å². The second kappa shape index (κ2) is 6.37. The van der Waals surface area contributed by atoms with Crippen LogP contribution in [-0.2, 0) is 16.1 Å². The predicted molar refractivity (Wildman–Crippen MR) is 99.1 cm³/mol. The number of anilines is 1. The van der Waals surface area contributed by atoms with E-state index < -0.39 is 6.04 Å². The van der Waals surface area contributed by atoms with Gasteiger partial charge in [-0.05, 0) is 36.6 Å². The van der Waals surface area contributed by atoms with Crippen molar-refractivity contribution in [3.8, 4) is 5.75 Å². The van der Waals surface area contributed by atoms with Crippen LogP contribution in [0.1, 0.15) is 24.8 Å². The number of likely N-dealkylation sites (tertiary alicyclic amines) is 1. The highest BCUT2D eigenvalue weighted by Gasteiger charge is 2.47. The highest BCUT2D eigenvalue weighted by Crippen LogP contribution is 2.39. The number of fused-ring (bicyclic) bond motifs is 3. The van der Waals surface area contributed by atoms with E-state index in [2.05, 4.69) is 4.98 Å². The van der Waals surface area contributed by atoms with Crippen LogP contribution in [0.15, 0.2) is 48.8 Å². The first-order valence-corrected chi connectivity index (χ1v) is 9.47. The lowest BCUT2D eigenvalue weighted by molar-refractivity contribution is -0.138. The molecule has 3 aliphatic rings. The number of carbonyl (C=O) groups is 2. The lowest BCUT2D eigenvalue weighted by Gasteiger charge is -2.31. The molecule has 3 heterocycles. The van der Waals surface area contributed by atoms with E-state index in [1.54, 1.807) is 22.2 Å². The van der Waals surface area contributed by atoms with E-state index in [4.69, 9.17) is 4.74 Å². The second-order valence-corrected chi connectivity index (χ2v) is 7.51. The average Bonchev–Trinajstić information content (AvgIpc) is 3.46. The van der Waals surface area contributed by atoms with Crippen molar-refractivity contribution in [2.24, 2.45) is 5.92 Å². The molecule has 1 saturated heterocycles. The van der Waals surface area contributed by atoms with Gasteiger partial charge in [0.15, 0.2) is 0 Å². The molecule has 138 valence electrons. The number of benzene rings is 1. The molecule has 0 radical (unpaired) electrons. The number of hydrogen-bond donors (Lipinski definition) is 0. The summed E-state index contributed by atoms with van der Waals surface area (Å²) in [5.41, 5.74) is 1.69. The Bertz CT molecular complexity index is 881. The van der Waals surface area contributed by atoms with Crippen LogP contribution in [0.3, 0.4) is 0 Å². The Hall–Kier alpha value is -2.89. The van der Waals surface area contributed by atoms with Crippen LogP contribution in [0.4, 0.5) is 5.69 Å². The van der Waals surface area contributed by atoms with Crippen molar-refractivity contribution in [2.45, 2.75) is 38.0 Å². The number of amides is 2. The SMILES string of the molecule is O=C1C2CC(CN2C(=O)C2CC2)Oc2ccccc2N1Cc1cccnc1. The van der Waals surface area contributed by atoms with Crippen LogP contribution in [0.25, 0.3) is 0 Å². The first-order chi connectivity index (χ1) is 13.2. The molecule has 0 spiro atoms. The minimum Gasteiger partial charge on any atom is -0.486 e. The number of aromatic nitrogens is 1. The van der Waals surface area contributed by atoms with Crippen molar-refractivity contribution in [3.05, 3.63) is 54.4 Å². The van der Waals surface area contributed by atoms with Crippen LogP contribution in [0.2, 0.25) is 0 Å². The van der Waals surface area contributed by atoms with Crippen LogP contribution >= 0.6 is 0 Å². The zero-order valence-electron chi connectivity index (χ0n) is 15.0. The zero-order chi connectivity index (χ0) is 18.4. The van der Waals surface area contributed by atoms with Gasteiger partial charge in [0.2, 0.25) is 11.8 Å². The summed E-state index contributed by atoms with van der Waals surface area (Å²) in [4.78, 5) is 33.9. The Balaban J connectivity index is 1.53. The fraction of sp³-hybridized carbons (Fsp3) is 0.381. The van der Waals surface area contributed by atoms with E-state index in [0.717, 1.165) is 24.1 Å². The number of rotatable bonds is 3. The number of nitrogens with zero attached hydrogens (tertiary/aromatic N) is 3. The average molecular weight is 363 g/mol. The monoisotopic (exact) mass is 363 g/mol. The Morgan fingerprint density at radius 1 is 1.19 bits per heavy atom. The molecule has 2 aliphatic heterocycles. The summed E-state index contributed by atoms with van der Waals surface area (Å²) in [6.07, 6.45) is 5.76. The number of carbonyl (C=O) groups excluding carboxylic acids is 2. The van der Waals surface area contributed by atoms with E-state index in [1.165, 1.54) is 0 Å². The molecule has 27 heavy (non-hydrogen) atoms. The molecule has 1 aliphatic carbocycles. The number of ether oxygens (including phenoxy) is 1. The Morgan fingerprint density at radius 3 is 2.81 bits per heavy atom. The van der Waals surface area contributed by atoms with Gasteiger partial charge in [0, 0.05) is 24.7 Å². The van der Waals surface area contributed by atoms with Gasteiger partial charge in [0.25, 0.3) is 0 Å². The van der Waals surface area contributed by atoms with Crippen molar-refractivity contribution in [2.75, 3.05) is 11.4 Å². The Morgan fingerprint density at radius 2 is 2.04 bits per heavy atom. The van der Waals surface area contributed by atoms with E-state index in [0.29, 0.717) is 25.3 Å². The molecule has 2 unspecified atom stereocenters. The van der Waals surface area contributed by atoms with Crippen LogP contribution in [0.5, 0.6) is 5.75 Å². The summed E-state index contributed by atoms with van der Waals surface area (Å²) in [6, 6.07) is 11.0. The van der Waals surface area contributed by atoms with Crippen molar-refractivity contribution in [1.29, 1.82) is 0 Å². The zero-order valence-corrected chi connectivity index (χ0v) is 15.0. The minimum atomic E-state index is -0.451. The van der Waals surface area contributed by atoms with Crippen molar-refractivity contribution in [3.63, 3.8) is 0 Å². The summed E-state index contributed by atoms with van der Waals surface area (Å²) < 4.78 is 6.22. The van der Waals surface area contributed by atoms with Gasteiger partial charge in [-0.2, -0.15) is 0 Å². The molecule has 1 aromatic heterocycles. The van der Waals surface area contributed by atoms with Crippen LogP contribution < -0.4 is 9.64 Å². The summed E-state index contributed by atoms with van der Waals surface area (Å²) in [5.74, 6) is 0.852. The second-order valence-electron chi connectivity index (χ2n) is 7.51. The van der Waals surface area contributed by atoms with E-state index in [1.807, 2.05) is 36.4 Å². The molecular formula is C21H21N3O3. The predicted octanol–water partition coefficient (Wildman–Crippen LogP) is 2.39. The maximum Gasteiger partial charge on any atom is 0.250 e. The van der Waals surface area contributed by atoms with Gasteiger partial charge in [-0.1, -0.05) is 18.2 Å². The molecule has 6 nitrogen and oxygen atoms in total. The molecule has 2 amide bonds. The smallest absolute Gasteiger partial charge is 0.250 e. The molecule has 2 bridgehead atoms. The summed E-state index contributed by atoms with van der Waals surface area (Å²) >= 11 is 0. The molecule has 2 aromatic rings. The summed E-state index contributed by atoms with van der Waals surface area (Å²) in [6.45, 7) is 0.889. The molecule has 0 N–H and O–H groups in total. The first kappa shape index (κ1) is 16.3. The third-order valence-electron chi connectivity index (χ3n) is 5.54. The van der Waals surface area contributed by atoms with E-state index in [9.17, 15) is 9.59 Å². The molecular weight excluding hydrogens is 342 g/mol. The number of para-hydroxylation sites is 2. The maximum absolute atomic E-state index is 13.5. The van der Waals surface area contributed by atoms with Gasteiger partial charge in [0.05, 0.1) is 18.8 Å². The van der Waals surface area contributed by atoms with Gasteiger partial charge < -0.3 is 14.5 Å². The van der Waals surface area contributed by atoms with Gasteiger partial charge in [-0.15, -0.1) is 0 Å². The minimum absolute atomic E-state index is 0.0360. The topological polar surface area (TPSA) is 62.7 Å². The largest absolute Gasteiger partial charge is 0.486 e. The standard InChI is InChI=1S/C21H21N3O3/c25-20(15-7-8-15)24-13-16-10-18(24)21(26)23(12-14-4-3-9-22-11-14)17-5-1-2-6-19(17)27-16/h1-6,9,11,15-16,18H,7-8,10,12-13H2. The van der Waals surface area contributed by atoms with Gasteiger partial charge >= 0.3 is 0 Å². The van der Waals surface area contributed by atoms with E-state index in [-0.39, 0.29) is 23.8 Å². The first-order valence-electron chi connectivity index (χ1n) is 9.47. The van der Waals surface area contributed by atoms with E-state index >= 15 is 0 Å². The van der Waals surface area contributed by atoms with Gasteiger partial charge in [-0.25, -0.2) is 0 Å². The van der Waals surface area contributed by atoms with Crippen molar-refractivity contribution >= 4 is 17.5 Å². The number of hydrogen-bond acceptors (Lipinski definition) is 4. The molecule has 2 fully saturated rings. The third kappa shape index (κ3) is 2.95. The Kier molecular flexibility index (Phi) is 3.85. The van der Waals surface area contributed by atoms with Crippen LogP contribution in [0, 0.1) is 5.92 Å². The third-order valence-corrected chi connectivity index (χ3v) is 5.54. The normalized spacial score (nSPS) is 24.1. The molecule has 6 heteroatoms. The quantitative estimate of drug-likeness (QED) is 0.840. The highest BCUT2D eigenvalue weighted by atomic mass is 16.5. The highest BCUT2D eigenvalue weighted by molar-refractivity contribution is 6.01. The van der Waals surface area contributed by atoms with Gasteiger partial charge in [0.1, 0.15) is 17.9 Å². The fourth-order valence-corrected chi connectivity index (χ4v) is 4.02. The maximum atomic E-state index is 13.5. The lowest BCUT2D eigenvalue weighted by atomic mass is 10.1. The summed E-state index contributed by atoms with van der Waals surface area (Å²) in [7, 11) is 0. The fourth-order valence-electron chi connectivity index (χ4n) is 4.02. The van der Waals surface area contributed by atoms with Crippen molar-refractivity contribution in [1.82, 2.24) is 9.88 Å². The summed E-state index contributed by atoms with van der Waals surface area (Å²) in [5, 5.41) is 0. The van der Waals surface area contributed by atoms with Gasteiger partial charge in [-0.3, -0.25) is 14.6 Å². The Labute approximate surface area is 157 Å².